The summed E-state index contributed by atoms with van der Waals surface area (Å²) < 4.78 is 7.77. The lowest BCUT2D eigenvalue weighted by Crippen LogP contribution is -1.81. The zero-order valence-electron chi connectivity index (χ0n) is 10.2. The zero-order valence-corrected chi connectivity index (χ0v) is 11.9. The van der Waals surface area contributed by atoms with E-state index in [0.29, 0.717) is 16.5 Å². The van der Waals surface area contributed by atoms with Gasteiger partial charge in [-0.15, -0.1) is 11.3 Å². The second-order valence-electron chi connectivity index (χ2n) is 4.26. The van der Waals surface area contributed by atoms with Crippen LogP contribution in [0.25, 0.3) is 21.3 Å². The molecule has 0 bridgehead atoms. The number of nitrogens with zero attached hydrogens (tertiary/aromatic N) is 2. The normalized spacial score (nSPS) is 11.4. The van der Waals surface area contributed by atoms with E-state index < -0.39 is 0 Å². The number of para-hydroxylation sites is 1. The summed E-state index contributed by atoms with van der Waals surface area (Å²) in [7, 11) is 0. The van der Waals surface area contributed by atoms with Gasteiger partial charge in [-0.3, -0.25) is 0 Å². The van der Waals surface area contributed by atoms with Crippen molar-refractivity contribution < 1.29 is 4.42 Å². The summed E-state index contributed by atoms with van der Waals surface area (Å²) in [5.74, 6) is 0. The Hall–Kier alpha value is -2.05. The second-order valence-corrected chi connectivity index (χ2v) is 6.49. The van der Waals surface area contributed by atoms with Gasteiger partial charge in [0, 0.05) is 23.5 Å². The molecule has 0 atom stereocenters. The fraction of sp³-hybridized carbons (Fsp3) is 0. The van der Waals surface area contributed by atoms with Gasteiger partial charge in [0.2, 0.25) is 0 Å². The molecule has 2 aromatic carbocycles. The van der Waals surface area contributed by atoms with Crippen molar-refractivity contribution in [2.24, 2.45) is 0 Å². The van der Waals surface area contributed by atoms with Crippen molar-refractivity contribution in [3.8, 4) is 0 Å². The number of oxazole rings is 1. The Kier molecular flexibility index (Phi) is 2.64. The quantitative estimate of drug-likeness (QED) is 0.563. The number of nitrogen functional groups attached to an aromatic ring is 1. The van der Waals surface area contributed by atoms with Crippen LogP contribution in [-0.2, 0) is 0 Å². The van der Waals surface area contributed by atoms with Crippen molar-refractivity contribution in [2.45, 2.75) is 9.56 Å². The maximum Gasteiger partial charge on any atom is 0.263 e. The number of rotatable bonds is 2. The lowest BCUT2D eigenvalue weighted by Gasteiger charge is -1.88. The van der Waals surface area contributed by atoms with Gasteiger partial charge in [0.25, 0.3) is 5.22 Å². The molecule has 4 rings (SSSR count). The number of aromatic nitrogens is 2. The molecule has 0 aliphatic rings. The third-order valence-corrected chi connectivity index (χ3v) is 4.79. The molecule has 2 N–H and O–H groups in total. The smallest absolute Gasteiger partial charge is 0.263 e. The van der Waals surface area contributed by atoms with Gasteiger partial charge >= 0.3 is 0 Å². The summed E-state index contributed by atoms with van der Waals surface area (Å²) in [6.45, 7) is 0. The predicted molar refractivity (Wildman–Crippen MR) is 82.2 cm³/mol. The summed E-state index contributed by atoms with van der Waals surface area (Å²) in [4.78, 5) is 8.98. The van der Waals surface area contributed by atoms with Crippen LogP contribution in [0.3, 0.4) is 0 Å². The third kappa shape index (κ3) is 2.03. The maximum atomic E-state index is 5.73. The number of thiazole rings is 1. The molecule has 0 fully saturated rings. The van der Waals surface area contributed by atoms with Crippen LogP contribution in [-0.4, -0.2) is 9.97 Å². The number of hydrogen-bond donors (Lipinski definition) is 1. The lowest BCUT2D eigenvalue weighted by atomic mass is 10.3. The fourth-order valence-corrected chi connectivity index (χ4v) is 3.85. The summed E-state index contributed by atoms with van der Waals surface area (Å²) in [6, 6.07) is 13.5. The van der Waals surface area contributed by atoms with Gasteiger partial charge < -0.3 is 10.2 Å². The number of anilines is 1. The van der Waals surface area contributed by atoms with Gasteiger partial charge in [0.1, 0.15) is 5.52 Å². The van der Waals surface area contributed by atoms with E-state index >= 15 is 0 Å². The van der Waals surface area contributed by atoms with Gasteiger partial charge in [0.15, 0.2) is 9.92 Å². The molecule has 0 unspecified atom stereocenters. The predicted octanol–water partition coefficient (Wildman–Crippen LogP) is 4.17. The van der Waals surface area contributed by atoms with E-state index in [9.17, 15) is 0 Å². The van der Waals surface area contributed by atoms with Crippen LogP contribution in [0, 0.1) is 0 Å². The first kappa shape index (κ1) is 11.7. The Bertz CT molecular complexity index is 880. The van der Waals surface area contributed by atoms with Crippen LogP contribution in [0.4, 0.5) is 5.69 Å². The molecule has 4 nitrogen and oxygen atoms in total. The number of nitrogens with two attached hydrogens (primary N) is 1. The Morgan fingerprint density at radius 1 is 1.05 bits per heavy atom. The highest BCUT2D eigenvalue weighted by Crippen LogP contribution is 2.35. The monoisotopic (exact) mass is 299 g/mol. The van der Waals surface area contributed by atoms with E-state index in [1.165, 1.54) is 11.8 Å². The van der Waals surface area contributed by atoms with Crippen LogP contribution in [0.1, 0.15) is 0 Å². The number of hydrogen-bond acceptors (Lipinski definition) is 6. The Morgan fingerprint density at radius 3 is 2.85 bits per heavy atom. The van der Waals surface area contributed by atoms with Gasteiger partial charge in [-0.2, -0.15) is 0 Å². The van der Waals surface area contributed by atoms with Crippen LogP contribution >= 0.6 is 23.1 Å². The third-order valence-electron chi connectivity index (χ3n) is 2.84. The van der Waals surface area contributed by atoms with E-state index in [1.807, 2.05) is 30.3 Å². The molecule has 98 valence electrons. The summed E-state index contributed by atoms with van der Waals surface area (Å²) in [5.41, 5.74) is 8.91. The lowest BCUT2D eigenvalue weighted by molar-refractivity contribution is 0.489. The maximum absolute atomic E-state index is 5.73. The van der Waals surface area contributed by atoms with Gasteiger partial charge in [-0.05, 0) is 24.3 Å². The van der Waals surface area contributed by atoms with E-state index in [1.54, 1.807) is 17.4 Å². The average molecular weight is 299 g/mol. The van der Waals surface area contributed by atoms with E-state index in [2.05, 4.69) is 16.0 Å². The average Bonchev–Trinajstić information content (AvgIpc) is 3.00. The first-order valence-corrected chi connectivity index (χ1v) is 7.61. The molecule has 0 amide bonds. The molecule has 0 spiro atoms. The standard InChI is InChI=1S/C14H9N3OS2/c15-8-5-6-9-11(7-8)18-13(16-9)20-14-17-10-3-1-2-4-12(10)19-14/h1-7H,15H2. The minimum atomic E-state index is 0.588. The van der Waals surface area contributed by atoms with Crippen LogP contribution in [0.5, 0.6) is 0 Å². The highest BCUT2D eigenvalue weighted by atomic mass is 32.2. The molecule has 4 aromatic rings. The number of benzene rings is 2. The van der Waals surface area contributed by atoms with Crippen LogP contribution in [0.2, 0.25) is 0 Å². The summed E-state index contributed by atoms with van der Waals surface area (Å²) >= 11 is 3.07. The molecule has 6 heteroatoms. The molecular weight excluding hydrogens is 290 g/mol. The van der Waals surface area contributed by atoms with Crippen LogP contribution < -0.4 is 5.73 Å². The van der Waals surface area contributed by atoms with E-state index in [0.717, 1.165) is 20.1 Å². The minimum Gasteiger partial charge on any atom is -0.431 e. The highest BCUT2D eigenvalue weighted by Gasteiger charge is 2.11. The molecular formula is C14H9N3OS2. The molecule has 20 heavy (non-hydrogen) atoms. The number of fused-ring (bicyclic) bond motifs is 2. The molecule has 0 aliphatic carbocycles. The van der Waals surface area contributed by atoms with E-state index in [-0.39, 0.29) is 0 Å². The van der Waals surface area contributed by atoms with E-state index in [4.69, 9.17) is 10.2 Å². The molecule has 2 aromatic heterocycles. The van der Waals surface area contributed by atoms with Crippen molar-refractivity contribution in [1.29, 1.82) is 0 Å². The molecule has 0 saturated carbocycles. The second kappa shape index (κ2) is 4.50. The Labute approximate surface area is 122 Å². The Balaban J connectivity index is 1.72. The van der Waals surface area contributed by atoms with Crippen molar-refractivity contribution in [2.75, 3.05) is 5.73 Å². The zero-order chi connectivity index (χ0) is 13.5. The van der Waals surface area contributed by atoms with Crippen LogP contribution in [0.15, 0.2) is 56.4 Å². The first-order valence-electron chi connectivity index (χ1n) is 5.97. The largest absolute Gasteiger partial charge is 0.431 e. The van der Waals surface area contributed by atoms with Crippen molar-refractivity contribution >= 4 is 50.1 Å². The summed E-state index contributed by atoms with van der Waals surface area (Å²) in [5, 5.41) is 0.588. The Morgan fingerprint density at radius 2 is 1.95 bits per heavy atom. The van der Waals surface area contributed by atoms with Crippen molar-refractivity contribution in [3.05, 3.63) is 42.5 Å². The SMILES string of the molecule is Nc1ccc2nc(Sc3nc4ccccc4s3)oc2c1. The molecule has 0 radical (unpaired) electrons. The summed E-state index contributed by atoms with van der Waals surface area (Å²) in [6.07, 6.45) is 0. The molecule has 2 heterocycles. The molecule has 0 aliphatic heterocycles. The first-order chi connectivity index (χ1) is 9.78. The molecule has 0 saturated heterocycles. The topological polar surface area (TPSA) is 64.9 Å². The highest BCUT2D eigenvalue weighted by molar-refractivity contribution is 8.00. The van der Waals surface area contributed by atoms with Gasteiger partial charge in [-0.25, -0.2) is 9.97 Å². The van der Waals surface area contributed by atoms with Crippen molar-refractivity contribution in [3.63, 3.8) is 0 Å². The van der Waals surface area contributed by atoms with Crippen molar-refractivity contribution in [1.82, 2.24) is 9.97 Å². The van der Waals surface area contributed by atoms with Gasteiger partial charge in [0.05, 0.1) is 10.2 Å². The fourth-order valence-electron chi connectivity index (χ4n) is 1.93. The minimum absolute atomic E-state index is 0.588. The van der Waals surface area contributed by atoms with Gasteiger partial charge in [-0.1, -0.05) is 12.1 Å².